The third kappa shape index (κ3) is 8.54. The van der Waals surface area contributed by atoms with E-state index in [9.17, 15) is 0 Å². The van der Waals surface area contributed by atoms with Crippen LogP contribution < -0.4 is 0 Å². The molecule has 4 heteroatoms. The molecular formula is C72H66N4. The number of rotatable bonds is 6. The van der Waals surface area contributed by atoms with E-state index in [1.54, 1.807) is 0 Å². The van der Waals surface area contributed by atoms with Gasteiger partial charge in [-0.1, -0.05) is 252 Å². The maximum atomic E-state index is 5.46. The van der Waals surface area contributed by atoms with Gasteiger partial charge in [0.15, 0.2) is 17.5 Å². The normalized spacial score (nSPS) is 13.3. The van der Waals surface area contributed by atoms with Crippen LogP contribution in [-0.4, -0.2) is 19.5 Å². The maximum absolute atomic E-state index is 5.46. The van der Waals surface area contributed by atoms with Gasteiger partial charge in [-0.2, -0.15) is 0 Å². The molecule has 0 spiro atoms. The number of benzene rings is 9. The Morgan fingerprint density at radius 1 is 0.342 bits per heavy atom. The highest BCUT2D eigenvalue weighted by Gasteiger charge is 2.36. The molecule has 0 N–H and O–H groups in total. The molecule has 1 aliphatic rings. The molecule has 3 heterocycles. The number of hydrogen-bond donors (Lipinski definition) is 0. The van der Waals surface area contributed by atoms with E-state index in [4.69, 9.17) is 15.0 Å². The van der Waals surface area contributed by atoms with Crippen molar-refractivity contribution in [3.05, 3.63) is 228 Å². The van der Waals surface area contributed by atoms with Gasteiger partial charge in [0.1, 0.15) is 0 Å². The molecular weight excluding hydrogens is 921 g/mol. The van der Waals surface area contributed by atoms with Gasteiger partial charge in [-0.05, 0) is 102 Å². The van der Waals surface area contributed by atoms with Crippen molar-refractivity contribution in [2.45, 2.75) is 97.8 Å². The Bertz CT molecular complexity index is 3910. The summed E-state index contributed by atoms with van der Waals surface area (Å²) in [6, 6.07) is 73.3. The second-order valence-corrected chi connectivity index (χ2v) is 24.6. The first-order valence-corrected chi connectivity index (χ1v) is 26.9. The average molecular weight is 987 g/mol. The third-order valence-corrected chi connectivity index (χ3v) is 15.9. The molecule has 0 fully saturated rings. The standard InChI is InChI=1S/C72H66N4/c1-69(2,3)55-41-59-60-42-56(70(4,5)6)44-62-65(60)76(64(59)61(43-55)71(7,8)9)63-57(49-26-19-14-20-27-49)39-53(40-58(63)52-28-21-29-54(38-52)72(62,10)11)68-74-66(50-34-30-47(31-35-50)45-22-15-12-16-23-45)73-67(75-68)51-36-32-48(33-37-51)46-24-17-13-18-25-46/h12-44H,1-11H3. The highest BCUT2D eigenvalue weighted by atomic mass is 15.0. The Balaban J connectivity index is 1.20. The lowest BCUT2D eigenvalue weighted by Gasteiger charge is -2.30. The van der Waals surface area contributed by atoms with Crippen LogP contribution in [0.4, 0.5) is 0 Å². The van der Waals surface area contributed by atoms with Crippen LogP contribution in [0.1, 0.15) is 104 Å². The van der Waals surface area contributed by atoms with Crippen LogP contribution in [0.25, 0.3) is 106 Å². The lowest BCUT2D eigenvalue weighted by Crippen LogP contribution is -2.22. The molecule has 2 bridgehead atoms. The Morgan fingerprint density at radius 2 is 0.750 bits per heavy atom. The predicted octanol–water partition coefficient (Wildman–Crippen LogP) is 19.2. The van der Waals surface area contributed by atoms with Crippen LogP contribution in [0.5, 0.6) is 0 Å². The van der Waals surface area contributed by atoms with Crippen molar-refractivity contribution in [3.8, 4) is 84.4 Å². The quantitative estimate of drug-likeness (QED) is 0.167. The van der Waals surface area contributed by atoms with Crippen molar-refractivity contribution in [1.29, 1.82) is 0 Å². The summed E-state index contributed by atoms with van der Waals surface area (Å²) in [5.41, 5.74) is 21.3. The molecule has 9 aromatic carbocycles. The highest BCUT2D eigenvalue weighted by molar-refractivity contribution is 6.14. The van der Waals surface area contributed by atoms with E-state index >= 15 is 0 Å². The third-order valence-electron chi connectivity index (χ3n) is 15.9. The van der Waals surface area contributed by atoms with Gasteiger partial charge in [-0.15, -0.1) is 0 Å². The molecule has 0 saturated heterocycles. The molecule has 4 nitrogen and oxygen atoms in total. The molecule has 0 radical (unpaired) electrons. The van der Waals surface area contributed by atoms with E-state index in [1.165, 1.54) is 49.6 Å². The van der Waals surface area contributed by atoms with E-state index in [0.29, 0.717) is 17.5 Å². The fourth-order valence-corrected chi connectivity index (χ4v) is 11.4. The van der Waals surface area contributed by atoms with Gasteiger partial charge in [-0.3, -0.25) is 0 Å². The Kier molecular flexibility index (Phi) is 11.5. The number of nitrogens with zero attached hydrogens (tertiary/aromatic N) is 4. The van der Waals surface area contributed by atoms with Crippen LogP contribution >= 0.6 is 0 Å². The van der Waals surface area contributed by atoms with Crippen LogP contribution in [-0.2, 0) is 21.7 Å². The van der Waals surface area contributed by atoms with Gasteiger partial charge in [0, 0.05) is 44.0 Å². The molecule has 76 heavy (non-hydrogen) atoms. The van der Waals surface area contributed by atoms with Crippen molar-refractivity contribution < 1.29 is 0 Å². The van der Waals surface area contributed by atoms with Crippen molar-refractivity contribution in [2.24, 2.45) is 0 Å². The second kappa shape index (κ2) is 18.0. The van der Waals surface area contributed by atoms with Crippen molar-refractivity contribution in [3.63, 3.8) is 0 Å². The molecule has 12 rings (SSSR count). The maximum Gasteiger partial charge on any atom is 0.164 e. The molecule has 0 atom stereocenters. The lowest BCUT2D eigenvalue weighted by atomic mass is 9.74. The highest BCUT2D eigenvalue weighted by Crippen LogP contribution is 2.52. The molecule has 374 valence electrons. The van der Waals surface area contributed by atoms with Crippen LogP contribution in [0.15, 0.2) is 200 Å². The van der Waals surface area contributed by atoms with E-state index in [1.807, 2.05) is 0 Å². The summed E-state index contributed by atoms with van der Waals surface area (Å²) in [5.74, 6) is 1.84. The molecule has 2 aromatic heterocycles. The molecule has 1 aliphatic heterocycles. The van der Waals surface area contributed by atoms with Crippen LogP contribution in [0, 0.1) is 0 Å². The first-order valence-electron chi connectivity index (χ1n) is 26.9. The van der Waals surface area contributed by atoms with E-state index in [-0.39, 0.29) is 21.7 Å². The molecule has 11 aromatic rings. The summed E-state index contributed by atoms with van der Waals surface area (Å²) in [4.78, 5) is 16.2. The molecule has 0 amide bonds. The first-order chi connectivity index (χ1) is 36.3. The molecule has 0 saturated carbocycles. The van der Waals surface area contributed by atoms with E-state index in [2.05, 4.69) is 281 Å². The number of aromatic nitrogens is 4. The summed E-state index contributed by atoms with van der Waals surface area (Å²) in [7, 11) is 0. The van der Waals surface area contributed by atoms with Gasteiger partial charge in [0.2, 0.25) is 0 Å². The summed E-state index contributed by atoms with van der Waals surface area (Å²) < 4.78 is 2.69. The Labute approximate surface area is 449 Å². The molecule has 0 aliphatic carbocycles. The van der Waals surface area contributed by atoms with Crippen molar-refractivity contribution in [2.75, 3.05) is 0 Å². The fourth-order valence-electron chi connectivity index (χ4n) is 11.4. The SMILES string of the molecule is CC(C)(C)c1cc(C(C)(C)C)c2c(c1)c1cc(C(C)(C)C)cc3c1n2-c1c(-c2ccccc2)cc(-c2nc(-c4ccc(-c5ccccc5)cc4)nc(-c4ccc(-c5ccccc5)cc4)n2)cc1-c1cccc(c1)C3(C)C. The van der Waals surface area contributed by atoms with Gasteiger partial charge in [0.25, 0.3) is 0 Å². The Morgan fingerprint density at radius 3 is 1.24 bits per heavy atom. The Hall–Kier alpha value is -8.21. The smallest absolute Gasteiger partial charge is 0.164 e. The second-order valence-electron chi connectivity index (χ2n) is 24.6. The van der Waals surface area contributed by atoms with Gasteiger partial charge < -0.3 is 4.57 Å². The van der Waals surface area contributed by atoms with Crippen LogP contribution in [0.2, 0.25) is 0 Å². The van der Waals surface area contributed by atoms with Crippen molar-refractivity contribution >= 4 is 21.8 Å². The summed E-state index contributed by atoms with van der Waals surface area (Å²) >= 11 is 0. The van der Waals surface area contributed by atoms with E-state index < -0.39 is 0 Å². The van der Waals surface area contributed by atoms with E-state index in [0.717, 1.165) is 66.9 Å². The fraction of sp³-hybridized carbons (Fsp3) is 0.208. The molecule has 0 unspecified atom stereocenters. The largest absolute Gasteiger partial charge is 0.307 e. The summed E-state index contributed by atoms with van der Waals surface area (Å²) in [6.07, 6.45) is 0. The minimum Gasteiger partial charge on any atom is -0.307 e. The van der Waals surface area contributed by atoms with Crippen molar-refractivity contribution in [1.82, 2.24) is 19.5 Å². The van der Waals surface area contributed by atoms with Gasteiger partial charge >= 0.3 is 0 Å². The zero-order valence-electron chi connectivity index (χ0n) is 45.8. The predicted molar refractivity (Wildman–Crippen MR) is 320 cm³/mol. The minimum absolute atomic E-state index is 0.0760. The zero-order valence-corrected chi connectivity index (χ0v) is 45.8. The monoisotopic (exact) mass is 987 g/mol. The first kappa shape index (κ1) is 48.7. The summed E-state index contributed by atoms with van der Waals surface area (Å²) in [6.45, 7) is 26.1. The zero-order chi connectivity index (χ0) is 52.9. The van der Waals surface area contributed by atoms with Crippen LogP contribution in [0.3, 0.4) is 0 Å². The average Bonchev–Trinajstić information content (AvgIpc) is 3.79. The van der Waals surface area contributed by atoms with Gasteiger partial charge in [0.05, 0.1) is 16.7 Å². The lowest BCUT2D eigenvalue weighted by molar-refractivity contribution is 0.572. The van der Waals surface area contributed by atoms with Gasteiger partial charge in [-0.25, -0.2) is 15.0 Å². The number of fused-ring (bicyclic) bond motifs is 8. The topological polar surface area (TPSA) is 43.6 Å². The summed E-state index contributed by atoms with van der Waals surface area (Å²) in [5, 5.41) is 2.58. The number of hydrogen-bond acceptors (Lipinski definition) is 3. The minimum atomic E-state index is -0.377.